The molecule has 0 aliphatic carbocycles. The van der Waals surface area contributed by atoms with E-state index in [1.807, 2.05) is 0 Å². The number of rotatable bonds is 5. The molecule has 0 aliphatic rings. The van der Waals surface area contributed by atoms with Crippen molar-refractivity contribution in [2.45, 2.75) is 19.4 Å². The van der Waals surface area contributed by atoms with Crippen LogP contribution in [0.3, 0.4) is 0 Å². The smallest absolute Gasteiger partial charge is 0.251 e. The third-order valence-electron chi connectivity index (χ3n) is 3.92. The SMILES string of the molecule is CC(C)(O)c1cc(F)c(-c2cc(C(N)=O)c(Nc3ccc(N)nn3)s2)c(F)c1. The molecular formula is C18H17F2N5O2S. The lowest BCUT2D eigenvalue weighted by atomic mass is 9.96. The second-order valence-electron chi connectivity index (χ2n) is 6.56. The molecule has 3 rings (SSSR count). The Morgan fingerprint density at radius 2 is 1.82 bits per heavy atom. The monoisotopic (exact) mass is 405 g/mol. The Bertz CT molecular complexity index is 1020. The lowest BCUT2D eigenvalue weighted by Crippen LogP contribution is -2.16. The number of aliphatic hydroxyl groups is 1. The van der Waals surface area contributed by atoms with Crippen LogP contribution in [0.2, 0.25) is 0 Å². The van der Waals surface area contributed by atoms with Crippen LogP contribution in [0.1, 0.15) is 29.8 Å². The fourth-order valence-corrected chi connectivity index (χ4v) is 3.60. The molecule has 28 heavy (non-hydrogen) atoms. The van der Waals surface area contributed by atoms with Gasteiger partial charge in [-0.1, -0.05) is 0 Å². The van der Waals surface area contributed by atoms with E-state index < -0.39 is 23.1 Å². The minimum Gasteiger partial charge on any atom is -0.386 e. The molecule has 2 heterocycles. The molecule has 10 heteroatoms. The van der Waals surface area contributed by atoms with Crippen LogP contribution in [0.15, 0.2) is 30.3 Å². The van der Waals surface area contributed by atoms with E-state index in [9.17, 15) is 18.7 Å². The number of thiophene rings is 1. The van der Waals surface area contributed by atoms with Gasteiger partial charge in [0.25, 0.3) is 5.91 Å². The Morgan fingerprint density at radius 1 is 1.18 bits per heavy atom. The second kappa shape index (κ2) is 7.13. The van der Waals surface area contributed by atoms with Crippen molar-refractivity contribution in [3.05, 3.63) is 53.1 Å². The summed E-state index contributed by atoms with van der Waals surface area (Å²) in [6.07, 6.45) is 0. The Kier molecular flexibility index (Phi) is 5.01. The molecule has 1 amide bonds. The van der Waals surface area contributed by atoms with Crippen LogP contribution < -0.4 is 16.8 Å². The first-order valence-corrected chi connectivity index (χ1v) is 8.90. The van der Waals surface area contributed by atoms with Crippen LogP contribution in [0.5, 0.6) is 0 Å². The predicted octanol–water partition coefficient (Wildman–Crippen LogP) is 3.14. The van der Waals surface area contributed by atoms with Crippen molar-refractivity contribution in [1.29, 1.82) is 0 Å². The van der Waals surface area contributed by atoms with E-state index in [0.717, 1.165) is 23.5 Å². The number of halogens is 2. The van der Waals surface area contributed by atoms with Gasteiger partial charge in [-0.05, 0) is 49.7 Å². The molecule has 0 radical (unpaired) electrons. The quantitative estimate of drug-likeness (QED) is 0.516. The van der Waals surface area contributed by atoms with Gasteiger partial charge in [0.05, 0.1) is 16.7 Å². The van der Waals surface area contributed by atoms with Crippen molar-refractivity contribution in [2.24, 2.45) is 5.73 Å². The first-order valence-electron chi connectivity index (χ1n) is 8.08. The zero-order valence-electron chi connectivity index (χ0n) is 15.0. The van der Waals surface area contributed by atoms with Crippen molar-refractivity contribution in [3.63, 3.8) is 0 Å². The van der Waals surface area contributed by atoms with Crippen molar-refractivity contribution in [1.82, 2.24) is 10.2 Å². The first kappa shape index (κ1) is 19.6. The van der Waals surface area contributed by atoms with Crippen LogP contribution in [0, 0.1) is 11.6 Å². The third kappa shape index (κ3) is 3.92. The highest BCUT2D eigenvalue weighted by Crippen LogP contribution is 2.40. The van der Waals surface area contributed by atoms with Gasteiger partial charge in [0.1, 0.15) is 22.5 Å². The molecule has 2 aromatic heterocycles. The number of carbonyl (C=O) groups is 1. The van der Waals surface area contributed by atoms with Gasteiger partial charge in [-0.25, -0.2) is 8.78 Å². The van der Waals surface area contributed by atoms with Crippen LogP contribution >= 0.6 is 11.3 Å². The molecule has 0 atom stereocenters. The van der Waals surface area contributed by atoms with Gasteiger partial charge < -0.3 is 21.9 Å². The normalized spacial score (nSPS) is 11.5. The molecule has 0 fully saturated rings. The van der Waals surface area contributed by atoms with Gasteiger partial charge in [-0.15, -0.1) is 21.5 Å². The van der Waals surface area contributed by atoms with Gasteiger partial charge >= 0.3 is 0 Å². The van der Waals surface area contributed by atoms with E-state index in [1.54, 1.807) is 0 Å². The number of anilines is 3. The molecule has 3 aromatic rings. The minimum absolute atomic E-state index is 0.0454. The van der Waals surface area contributed by atoms with E-state index in [2.05, 4.69) is 15.5 Å². The van der Waals surface area contributed by atoms with Gasteiger partial charge in [-0.2, -0.15) is 0 Å². The summed E-state index contributed by atoms with van der Waals surface area (Å²) in [6.45, 7) is 2.85. The van der Waals surface area contributed by atoms with Crippen LogP contribution in [-0.2, 0) is 5.60 Å². The summed E-state index contributed by atoms with van der Waals surface area (Å²) < 4.78 is 29.2. The number of amides is 1. The lowest BCUT2D eigenvalue weighted by molar-refractivity contribution is 0.0778. The van der Waals surface area contributed by atoms with E-state index in [1.165, 1.54) is 32.0 Å². The van der Waals surface area contributed by atoms with E-state index in [-0.39, 0.29) is 38.2 Å². The van der Waals surface area contributed by atoms with Gasteiger partial charge in [0.2, 0.25) is 0 Å². The number of primary amides is 1. The highest BCUT2D eigenvalue weighted by molar-refractivity contribution is 7.20. The molecule has 146 valence electrons. The molecule has 1 aromatic carbocycles. The second-order valence-corrected chi connectivity index (χ2v) is 7.61. The molecule has 0 aliphatic heterocycles. The summed E-state index contributed by atoms with van der Waals surface area (Å²) in [4.78, 5) is 11.9. The molecule has 0 unspecified atom stereocenters. The highest BCUT2D eigenvalue weighted by Gasteiger charge is 2.24. The highest BCUT2D eigenvalue weighted by atomic mass is 32.1. The van der Waals surface area contributed by atoms with Crippen molar-refractivity contribution < 1.29 is 18.7 Å². The number of hydrogen-bond acceptors (Lipinski definition) is 7. The first-order chi connectivity index (χ1) is 13.1. The molecular weight excluding hydrogens is 388 g/mol. The number of nitrogens with two attached hydrogens (primary N) is 2. The van der Waals surface area contributed by atoms with Crippen molar-refractivity contribution in [3.8, 4) is 10.4 Å². The summed E-state index contributed by atoms with van der Waals surface area (Å²) in [6, 6.07) is 6.45. The maximum absolute atomic E-state index is 14.6. The van der Waals surface area contributed by atoms with Crippen LogP contribution in [-0.4, -0.2) is 21.2 Å². The topological polar surface area (TPSA) is 127 Å². The molecule has 0 saturated carbocycles. The Morgan fingerprint density at radius 3 is 2.32 bits per heavy atom. The fourth-order valence-electron chi connectivity index (χ4n) is 2.48. The lowest BCUT2D eigenvalue weighted by Gasteiger charge is -2.18. The van der Waals surface area contributed by atoms with E-state index in [4.69, 9.17) is 11.5 Å². The van der Waals surface area contributed by atoms with Crippen LogP contribution in [0.4, 0.5) is 25.4 Å². The van der Waals surface area contributed by atoms with Crippen molar-refractivity contribution in [2.75, 3.05) is 11.1 Å². The van der Waals surface area contributed by atoms with Gasteiger partial charge in [-0.3, -0.25) is 4.79 Å². The summed E-state index contributed by atoms with van der Waals surface area (Å²) in [5.74, 6) is -2.02. The maximum atomic E-state index is 14.6. The zero-order chi connectivity index (χ0) is 20.6. The third-order valence-corrected chi connectivity index (χ3v) is 4.99. The number of benzene rings is 1. The van der Waals surface area contributed by atoms with E-state index >= 15 is 0 Å². The van der Waals surface area contributed by atoms with Gasteiger partial charge in [0.15, 0.2) is 5.82 Å². The number of hydrogen-bond donors (Lipinski definition) is 4. The van der Waals surface area contributed by atoms with Crippen molar-refractivity contribution >= 4 is 33.9 Å². The largest absolute Gasteiger partial charge is 0.386 e. The average molecular weight is 405 g/mol. The summed E-state index contributed by atoms with van der Waals surface area (Å²) in [7, 11) is 0. The summed E-state index contributed by atoms with van der Waals surface area (Å²) >= 11 is 0.928. The number of nitrogen functional groups attached to an aromatic ring is 1. The standard InChI is InChI=1S/C18H17F2N5O2S/c1-18(2,27)8-5-10(19)15(11(20)6-8)12-7-9(16(22)26)17(28-12)23-14-4-3-13(21)24-25-14/h3-7,27H,1-2H3,(H2,21,24)(H2,22,26)(H,23,25). The minimum atomic E-state index is -1.41. The predicted molar refractivity (Wildman–Crippen MR) is 103 cm³/mol. The Labute approximate surface area is 163 Å². The summed E-state index contributed by atoms with van der Waals surface area (Å²) in [5.41, 5.74) is 9.28. The van der Waals surface area contributed by atoms with Gasteiger partial charge in [0, 0.05) is 4.88 Å². The number of carbonyl (C=O) groups excluding carboxylic acids is 1. The molecule has 0 bridgehead atoms. The molecule has 7 nitrogen and oxygen atoms in total. The average Bonchev–Trinajstić information content (AvgIpc) is 2.99. The van der Waals surface area contributed by atoms with Crippen LogP contribution in [0.25, 0.3) is 10.4 Å². The number of aromatic nitrogens is 2. The number of nitrogens with zero attached hydrogens (tertiary/aromatic N) is 2. The Balaban J connectivity index is 2.06. The molecule has 6 N–H and O–H groups in total. The fraction of sp³-hybridized carbons (Fsp3) is 0.167. The zero-order valence-corrected chi connectivity index (χ0v) is 15.8. The number of nitrogens with one attached hydrogen (secondary N) is 1. The molecule has 0 saturated heterocycles. The maximum Gasteiger partial charge on any atom is 0.251 e. The summed E-state index contributed by atoms with van der Waals surface area (Å²) in [5, 5.41) is 20.6. The van der Waals surface area contributed by atoms with E-state index in [0.29, 0.717) is 0 Å². The molecule has 0 spiro atoms. The Hall–Kier alpha value is -3.11.